The summed E-state index contributed by atoms with van der Waals surface area (Å²) in [6.07, 6.45) is 3.28. The number of aromatic nitrogens is 2. The number of fused-ring (bicyclic) bond motifs is 1. The van der Waals surface area contributed by atoms with E-state index < -0.39 is 14.8 Å². The molecule has 0 saturated carbocycles. The second-order valence-corrected chi connectivity index (χ2v) is 10.5. The predicted molar refractivity (Wildman–Crippen MR) is 111 cm³/mol. The molecule has 28 heavy (non-hydrogen) atoms. The lowest BCUT2D eigenvalue weighted by atomic mass is 10.1. The summed E-state index contributed by atoms with van der Waals surface area (Å²) in [5, 5.41) is 11.1. The molecule has 0 fully saturated rings. The number of hydrogen-bond donors (Lipinski definition) is 1. The zero-order valence-corrected chi connectivity index (χ0v) is 17.7. The third-order valence-electron chi connectivity index (χ3n) is 4.62. The van der Waals surface area contributed by atoms with Crippen molar-refractivity contribution in [2.45, 2.75) is 32.1 Å². The lowest BCUT2D eigenvalue weighted by Crippen LogP contribution is -2.38. The molecular weight excluding hydrogens is 396 g/mol. The molecule has 2 aromatic heterocycles. The minimum atomic E-state index is -3.47. The number of hydrogen-bond acceptors (Lipinski definition) is 4. The van der Waals surface area contributed by atoms with Gasteiger partial charge in [-0.25, -0.2) is 13.1 Å². The molecule has 0 atom stereocenters. The maximum atomic E-state index is 12.3. The first kappa shape index (κ1) is 20.3. The quantitative estimate of drug-likeness (QED) is 0.696. The van der Waals surface area contributed by atoms with Crippen LogP contribution in [0, 0.1) is 11.3 Å². The molecule has 0 bridgehead atoms. The van der Waals surface area contributed by atoms with Crippen LogP contribution < -0.4 is 4.72 Å². The Bertz CT molecular complexity index is 1200. The van der Waals surface area contributed by atoms with Crippen LogP contribution in [0.2, 0.25) is 5.02 Å². The first-order chi connectivity index (χ1) is 13.0. The molecule has 0 saturated heterocycles. The number of sulfonamides is 1. The van der Waals surface area contributed by atoms with Crippen LogP contribution in [-0.4, -0.2) is 22.7 Å². The van der Waals surface area contributed by atoms with Gasteiger partial charge >= 0.3 is 0 Å². The van der Waals surface area contributed by atoms with Crippen molar-refractivity contribution in [3.63, 3.8) is 0 Å². The number of benzene rings is 1. The van der Waals surface area contributed by atoms with Crippen molar-refractivity contribution < 1.29 is 8.42 Å². The highest BCUT2D eigenvalue weighted by Gasteiger charge is 2.28. The second-order valence-electron chi connectivity index (χ2n) is 7.57. The van der Waals surface area contributed by atoms with Crippen LogP contribution in [0.15, 0.2) is 36.7 Å². The van der Waals surface area contributed by atoms with Crippen LogP contribution in [0.4, 0.5) is 0 Å². The van der Waals surface area contributed by atoms with Gasteiger partial charge in [0.25, 0.3) is 0 Å². The van der Waals surface area contributed by atoms with Gasteiger partial charge in [-0.15, -0.1) is 0 Å². The van der Waals surface area contributed by atoms with E-state index in [9.17, 15) is 13.7 Å². The Morgan fingerprint density at radius 3 is 2.61 bits per heavy atom. The average molecular weight is 417 g/mol. The van der Waals surface area contributed by atoms with Crippen molar-refractivity contribution in [2.75, 3.05) is 0 Å². The number of nitrogens with one attached hydrogen (secondary N) is 1. The predicted octanol–water partition coefficient (Wildman–Crippen LogP) is 3.98. The lowest BCUT2D eigenvalue weighted by molar-refractivity contribution is 0.544. The Kier molecular flexibility index (Phi) is 5.24. The smallest absolute Gasteiger partial charge is 0.216 e. The lowest BCUT2D eigenvalue weighted by Gasteiger charge is -2.19. The molecule has 0 spiro atoms. The number of aryl methyl sites for hydroxylation is 1. The van der Waals surface area contributed by atoms with E-state index in [1.807, 2.05) is 29.8 Å². The zero-order valence-electron chi connectivity index (χ0n) is 16.1. The maximum absolute atomic E-state index is 12.3. The summed E-state index contributed by atoms with van der Waals surface area (Å²) in [5.41, 5.74) is 3.53. The largest absolute Gasteiger partial charge is 0.342 e. The second kappa shape index (κ2) is 7.21. The summed E-state index contributed by atoms with van der Waals surface area (Å²) in [7, 11) is -1.60. The van der Waals surface area contributed by atoms with Crippen molar-refractivity contribution in [3.05, 3.63) is 52.8 Å². The molecule has 1 aromatic carbocycles. The Balaban J connectivity index is 2.04. The standard InChI is InChI=1S/C20H21ClN4O2S/c1-20(2,3)28(26,27)24-11-13-7-14(12-23-10-13)19-17(9-22)16-6-5-15(21)8-18(16)25(19)4/h5-8,10,12,24H,11H2,1-4H3. The van der Waals surface area contributed by atoms with Gasteiger partial charge in [0.2, 0.25) is 10.0 Å². The molecule has 0 amide bonds. The first-order valence-corrected chi connectivity index (χ1v) is 10.5. The van der Waals surface area contributed by atoms with E-state index in [4.69, 9.17) is 11.6 Å². The molecule has 0 aliphatic heterocycles. The number of rotatable bonds is 4. The fraction of sp³-hybridized carbons (Fsp3) is 0.300. The van der Waals surface area contributed by atoms with Gasteiger partial charge in [-0.2, -0.15) is 5.26 Å². The molecule has 2 heterocycles. The summed E-state index contributed by atoms with van der Waals surface area (Å²) in [4.78, 5) is 4.24. The number of pyridine rings is 1. The Morgan fingerprint density at radius 1 is 1.25 bits per heavy atom. The van der Waals surface area contributed by atoms with Crippen LogP contribution >= 0.6 is 11.6 Å². The molecule has 0 radical (unpaired) electrons. The van der Waals surface area contributed by atoms with E-state index in [1.54, 1.807) is 39.2 Å². The molecule has 0 unspecified atom stereocenters. The van der Waals surface area contributed by atoms with Crippen LogP contribution in [0.25, 0.3) is 22.2 Å². The highest BCUT2D eigenvalue weighted by molar-refractivity contribution is 7.90. The average Bonchev–Trinajstić information content (AvgIpc) is 2.91. The molecule has 8 heteroatoms. The molecule has 6 nitrogen and oxygen atoms in total. The van der Waals surface area contributed by atoms with Gasteiger partial charge < -0.3 is 4.57 Å². The van der Waals surface area contributed by atoms with Crippen molar-refractivity contribution in [1.29, 1.82) is 5.26 Å². The Hall–Kier alpha value is -2.40. The molecule has 3 rings (SSSR count). The highest BCUT2D eigenvalue weighted by atomic mass is 35.5. The zero-order chi connectivity index (χ0) is 20.7. The van der Waals surface area contributed by atoms with Crippen molar-refractivity contribution in [2.24, 2.45) is 7.05 Å². The fourth-order valence-corrected chi connectivity index (χ4v) is 3.93. The van der Waals surface area contributed by atoms with Crippen LogP contribution in [-0.2, 0) is 23.6 Å². The molecule has 0 aliphatic carbocycles. The van der Waals surface area contributed by atoms with Gasteiger partial charge in [-0.3, -0.25) is 4.98 Å². The first-order valence-electron chi connectivity index (χ1n) is 8.66. The molecular formula is C20H21ClN4O2S. The highest BCUT2D eigenvalue weighted by Crippen LogP contribution is 2.33. The molecule has 1 N–H and O–H groups in total. The maximum Gasteiger partial charge on any atom is 0.216 e. The van der Waals surface area contributed by atoms with Gasteiger partial charge in [0.1, 0.15) is 6.07 Å². The fourth-order valence-electron chi connectivity index (χ4n) is 2.97. The van der Waals surface area contributed by atoms with E-state index in [0.717, 1.165) is 16.5 Å². The van der Waals surface area contributed by atoms with Crippen molar-refractivity contribution >= 4 is 32.5 Å². The minimum absolute atomic E-state index is 0.123. The van der Waals surface area contributed by atoms with Gasteiger partial charge in [-0.05, 0) is 50.6 Å². The van der Waals surface area contributed by atoms with E-state index in [-0.39, 0.29) is 6.54 Å². The SMILES string of the molecule is Cn1c(-c2cncc(CNS(=O)(=O)C(C)(C)C)c2)c(C#N)c2ccc(Cl)cc21. The van der Waals surface area contributed by atoms with E-state index in [1.165, 1.54) is 0 Å². The van der Waals surface area contributed by atoms with Crippen molar-refractivity contribution in [1.82, 2.24) is 14.3 Å². The summed E-state index contributed by atoms with van der Waals surface area (Å²) < 4.78 is 28.2. The summed E-state index contributed by atoms with van der Waals surface area (Å²) in [5.74, 6) is 0. The minimum Gasteiger partial charge on any atom is -0.342 e. The summed E-state index contributed by atoms with van der Waals surface area (Å²) in [6, 6.07) is 9.51. The molecule has 146 valence electrons. The normalized spacial score (nSPS) is 12.3. The third-order valence-corrected chi connectivity index (χ3v) is 6.99. The molecule has 3 aromatic rings. The summed E-state index contributed by atoms with van der Waals surface area (Å²) in [6.45, 7) is 5.05. The van der Waals surface area contributed by atoms with Gasteiger partial charge in [-0.1, -0.05) is 11.6 Å². The van der Waals surface area contributed by atoms with Gasteiger partial charge in [0.15, 0.2) is 0 Å². The van der Waals surface area contributed by atoms with Gasteiger partial charge in [0.05, 0.1) is 21.5 Å². The van der Waals surface area contributed by atoms with E-state index >= 15 is 0 Å². The van der Waals surface area contributed by atoms with E-state index in [0.29, 0.717) is 21.8 Å². The number of nitriles is 1. The van der Waals surface area contributed by atoms with Crippen molar-refractivity contribution in [3.8, 4) is 17.3 Å². The van der Waals surface area contributed by atoms with Gasteiger partial charge in [0, 0.05) is 42.0 Å². The summed E-state index contributed by atoms with van der Waals surface area (Å²) >= 11 is 6.11. The monoisotopic (exact) mass is 416 g/mol. The van der Waals surface area contributed by atoms with Crippen LogP contribution in [0.1, 0.15) is 31.9 Å². The third kappa shape index (κ3) is 3.63. The Morgan fingerprint density at radius 2 is 1.96 bits per heavy atom. The van der Waals surface area contributed by atoms with E-state index in [2.05, 4.69) is 15.8 Å². The number of nitrogens with zero attached hydrogens (tertiary/aromatic N) is 3. The van der Waals surface area contributed by atoms with Crippen LogP contribution in [0.5, 0.6) is 0 Å². The van der Waals surface area contributed by atoms with Crippen LogP contribution in [0.3, 0.4) is 0 Å². The molecule has 0 aliphatic rings. The number of halogens is 1. The topological polar surface area (TPSA) is 87.8 Å². The Labute approximate surface area is 169 Å².